The maximum Gasteiger partial charge on any atom is 0.319 e. The molecular formula is C16H20N4O2. The molecule has 6 nitrogen and oxygen atoms in total. The smallest absolute Gasteiger partial charge is 0.319 e. The second-order valence-electron chi connectivity index (χ2n) is 5.20. The summed E-state index contributed by atoms with van der Waals surface area (Å²) >= 11 is 0. The van der Waals surface area contributed by atoms with Crippen molar-refractivity contribution < 1.29 is 4.79 Å². The molecule has 2 N–H and O–H groups in total. The molecule has 6 heteroatoms. The lowest BCUT2D eigenvalue weighted by atomic mass is 10.1. The maximum atomic E-state index is 11.8. The van der Waals surface area contributed by atoms with Crippen LogP contribution in [0.2, 0.25) is 0 Å². The number of rotatable bonds is 5. The van der Waals surface area contributed by atoms with Crippen LogP contribution in [-0.4, -0.2) is 22.4 Å². The predicted molar refractivity (Wildman–Crippen MR) is 86.1 cm³/mol. The minimum absolute atomic E-state index is 0.137. The summed E-state index contributed by atoms with van der Waals surface area (Å²) in [7, 11) is 0. The topological polar surface area (TPSA) is 76.0 Å². The molecule has 0 unspecified atom stereocenters. The Morgan fingerprint density at radius 1 is 1.23 bits per heavy atom. The van der Waals surface area contributed by atoms with E-state index in [0.29, 0.717) is 19.5 Å². The van der Waals surface area contributed by atoms with Crippen molar-refractivity contribution in [2.75, 3.05) is 11.9 Å². The Hall–Kier alpha value is -2.63. The van der Waals surface area contributed by atoms with Gasteiger partial charge in [-0.2, -0.15) is 5.10 Å². The molecule has 0 aliphatic carbocycles. The molecule has 0 saturated carbocycles. The summed E-state index contributed by atoms with van der Waals surface area (Å²) in [6, 6.07) is 8.70. The van der Waals surface area contributed by atoms with Crippen LogP contribution in [0.25, 0.3) is 0 Å². The van der Waals surface area contributed by atoms with E-state index < -0.39 is 0 Å². The highest BCUT2D eigenvalue weighted by molar-refractivity contribution is 5.89. The molecule has 0 saturated heterocycles. The molecule has 0 aliphatic heterocycles. The fourth-order valence-corrected chi connectivity index (χ4v) is 2.21. The van der Waals surface area contributed by atoms with Gasteiger partial charge in [0.25, 0.3) is 5.56 Å². The van der Waals surface area contributed by atoms with Crippen molar-refractivity contribution in [3.05, 3.63) is 58.0 Å². The van der Waals surface area contributed by atoms with Gasteiger partial charge >= 0.3 is 6.03 Å². The predicted octanol–water partition coefficient (Wildman–Crippen LogP) is 2.07. The van der Waals surface area contributed by atoms with E-state index in [9.17, 15) is 9.59 Å². The number of nitrogens with one attached hydrogen (secondary N) is 2. The minimum atomic E-state index is -0.252. The second kappa shape index (κ2) is 7.40. The number of aromatic nitrogens is 2. The lowest BCUT2D eigenvalue weighted by Crippen LogP contribution is -2.31. The number of amides is 2. The van der Waals surface area contributed by atoms with E-state index in [-0.39, 0.29) is 11.6 Å². The van der Waals surface area contributed by atoms with Crippen molar-refractivity contribution in [3.63, 3.8) is 0 Å². The van der Waals surface area contributed by atoms with E-state index >= 15 is 0 Å². The molecule has 2 rings (SSSR count). The number of urea groups is 1. The highest BCUT2D eigenvalue weighted by atomic mass is 16.2. The minimum Gasteiger partial charge on any atom is -0.338 e. The summed E-state index contributed by atoms with van der Waals surface area (Å²) in [6.45, 7) is 4.92. The van der Waals surface area contributed by atoms with Crippen molar-refractivity contribution in [1.82, 2.24) is 15.1 Å². The number of carbonyl (C=O) groups is 1. The first-order valence-corrected chi connectivity index (χ1v) is 7.20. The van der Waals surface area contributed by atoms with Crippen molar-refractivity contribution in [3.8, 4) is 0 Å². The lowest BCUT2D eigenvalue weighted by molar-refractivity contribution is 0.251. The summed E-state index contributed by atoms with van der Waals surface area (Å²) < 4.78 is 1.38. The third kappa shape index (κ3) is 4.73. The third-order valence-corrected chi connectivity index (χ3v) is 3.10. The van der Waals surface area contributed by atoms with Crippen LogP contribution in [0.3, 0.4) is 0 Å². The number of aryl methyl sites for hydroxylation is 3. The van der Waals surface area contributed by atoms with Crippen LogP contribution in [-0.2, 0) is 6.54 Å². The molecule has 0 radical (unpaired) electrons. The quantitative estimate of drug-likeness (QED) is 0.830. The second-order valence-corrected chi connectivity index (χ2v) is 5.20. The maximum absolute atomic E-state index is 11.8. The van der Waals surface area contributed by atoms with E-state index in [4.69, 9.17) is 0 Å². The fourth-order valence-electron chi connectivity index (χ4n) is 2.21. The van der Waals surface area contributed by atoms with Crippen molar-refractivity contribution >= 4 is 11.7 Å². The number of benzene rings is 1. The summed E-state index contributed by atoms with van der Waals surface area (Å²) in [6.07, 6.45) is 2.21. The van der Waals surface area contributed by atoms with Gasteiger partial charge in [-0.1, -0.05) is 6.07 Å². The first kappa shape index (κ1) is 15.8. The van der Waals surface area contributed by atoms with Gasteiger partial charge in [-0.3, -0.25) is 4.79 Å². The van der Waals surface area contributed by atoms with E-state index in [2.05, 4.69) is 15.7 Å². The summed E-state index contributed by atoms with van der Waals surface area (Å²) in [5, 5.41) is 9.52. The normalized spacial score (nSPS) is 10.3. The van der Waals surface area contributed by atoms with Gasteiger partial charge in [-0.15, -0.1) is 0 Å². The van der Waals surface area contributed by atoms with Crippen LogP contribution in [0, 0.1) is 13.8 Å². The van der Waals surface area contributed by atoms with Gasteiger partial charge in [0.15, 0.2) is 0 Å². The van der Waals surface area contributed by atoms with Crippen molar-refractivity contribution in [2.45, 2.75) is 26.8 Å². The lowest BCUT2D eigenvalue weighted by Gasteiger charge is -2.09. The zero-order chi connectivity index (χ0) is 15.9. The zero-order valence-corrected chi connectivity index (χ0v) is 12.8. The van der Waals surface area contributed by atoms with Crippen LogP contribution >= 0.6 is 0 Å². The molecule has 22 heavy (non-hydrogen) atoms. The van der Waals surface area contributed by atoms with Crippen molar-refractivity contribution in [2.24, 2.45) is 0 Å². The first-order valence-electron chi connectivity index (χ1n) is 7.20. The highest BCUT2D eigenvalue weighted by Crippen LogP contribution is 2.13. The van der Waals surface area contributed by atoms with Gasteiger partial charge < -0.3 is 10.6 Å². The number of hydrogen-bond donors (Lipinski definition) is 2. The average Bonchev–Trinajstić information content (AvgIpc) is 2.44. The van der Waals surface area contributed by atoms with E-state index in [1.54, 1.807) is 12.3 Å². The Bertz CT molecular complexity index is 689. The molecule has 2 aromatic rings. The molecule has 2 amide bonds. The summed E-state index contributed by atoms with van der Waals surface area (Å²) in [5.74, 6) is 0. The monoisotopic (exact) mass is 300 g/mol. The van der Waals surface area contributed by atoms with Gasteiger partial charge in [0.1, 0.15) is 0 Å². The van der Waals surface area contributed by atoms with E-state index in [1.165, 1.54) is 10.7 Å². The van der Waals surface area contributed by atoms with Crippen LogP contribution in [0.1, 0.15) is 17.5 Å². The molecule has 1 aromatic heterocycles. The molecule has 0 bridgehead atoms. The molecule has 0 atom stereocenters. The largest absolute Gasteiger partial charge is 0.338 e. The van der Waals surface area contributed by atoms with Gasteiger partial charge in [-0.05, 0) is 49.6 Å². The summed E-state index contributed by atoms with van der Waals surface area (Å²) in [4.78, 5) is 23.3. The highest BCUT2D eigenvalue weighted by Gasteiger charge is 2.02. The van der Waals surface area contributed by atoms with Crippen LogP contribution < -0.4 is 16.2 Å². The van der Waals surface area contributed by atoms with Crippen LogP contribution in [0.4, 0.5) is 10.5 Å². The Morgan fingerprint density at radius 3 is 2.64 bits per heavy atom. The van der Waals surface area contributed by atoms with Crippen LogP contribution in [0.5, 0.6) is 0 Å². The fraction of sp³-hybridized carbons (Fsp3) is 0.312. The van der Waals surface area contributed by atoms with Crippen molar-refractivity contribution in [1.29, 1.82) is 0 Å². The Balaban J connectivity index is 1.76. The average molecular weight is 300 g/mol. The number of nitrogens with zero attached hydrogens (tertiary/aromatic N) is 2. The molecular weight excluding hydrogens is 280 g/mol. The standard InChI is InChI=1S/C16H20N4O2/c1-12-9-13(2)11-14(10-12)19-16(22)17-6-4-8-20-15(21)5-3-7-18-20/h3,5,7,9-11H,4,6,8H2,1-2H3,(H2,17,19,22). The molecule has 0 fully saturated rings. The molecule has 0 aliphatic rings. The number of carbonyl (C=O) groups excluding carboxylic acids is 1. The SMILES string of the molecule is Cc1cc(C)cc(NC(=O)NCCCn2ncccc2=O)c1. The Labute approximate surface area is 129 Å². The van der Waals surface area contributed by atoms with E-state index in [1.807, 2.05) is 32.0 Å². The first-order chi connectivity index (χ1) is 10.5. The number of hydrogen-bond acceptors (Lipinski definition) is 3. The molecule has 116 valence electrons. The van der Waals surface area contributed by atoms with Gasteiger partial charge in [0.2, 0.25) is 0 Å². The van der Waals surface area contributed by atoms with Gasteiger partial charge in [0.05, 0.1) is 0 Å². The Kier molecular flexibility index (Phi) is 5.30. The van der Waals surface area contributed by atoms with Gasteiger partial charge in [0, 0.05) is 31.0 Å². The van der Waals surface area contributed by atoms with E-state index in [0.717, 1.165) is 16.8 Å². The van der Waals surface area contributed by atoms with Gasteiger partial charge in [-0.25, -0.2) is 9.48 Å². The molecule has 1 heterocycles. The summed E-state index contributed by atoms with van der Waals surface area (Å²) in [5.41, 5.74) is 2.84. The molecule has 1 aromatic carbocycles. The number of anilines is 1. The van der Waals surface area contributed by atoms with Crippen LogP contribution in [0.15, 0.2) is 41.3 Å². The third-order valence-electron chi connectivity index (χ3n) is 3.10. The zero-order valence-electron chi connectivity index (χ0n) is 12.8. The Morgan fingerprint density at radius 2 is 1.95 bits per heavy atom. The molecule has 0 spiro atoms.